The van der Waals surface area contributed by atoms with Crippen molar-refractivity contribution in [3.8, 4) is 5.75 Å². The van der Waals surface area contributed by atoms with E-state index in [9.17, 15) is 19.7 Å². The lowest BCUT2D eigenvalue weighted by Crippen LogP contribution is -2.08. The van der Waals surface area contributed by atoms with Gasteiger partial charge < -0.3 is 9.47 Å². The van der Waals surface area contributed by atoms with Gasteiger partial charge in [0.05, 0.1) is 15.0 Å². The molecule has 0 atom stereocenters. The molecule has 0 spiro atoms. The molecule has 0 saturated heterocycles. The third-order valence-corrected chi connectivity index (χ3v) is 9.62. The molecule has 3 aromatic carbocycles. The molecule has 0 bridgehead atoms. The number of nitrogens with zero attached hydrogens (tertiary/aromatic N) is 2. The molecule has 5 aromatic rings. The van der Waals surface area contributed by atoms with Crippen molar-refractivity contribution in [1.29, 1.82) is 0 Å². The van der Waals surface area contributed by atoms with Gasteiger partial charge in [-0.3, -0.25) is 10.1 Å². The highest BCUT2D eigenvalue weighted by Crippen LogP contribution is 2.39. The van der Waals surface area contributed by atoms with Gasteiger partial charge in [0, 0.05) is 42.3 Å². The highest BCUT2D eigenvalue weighted by molar-refractivity contribution is 9.10. The quantitative estimate of drug-likeness (QED) is 0.0607. The van der Waals surface area contributed by atoms with Crippen LogP contribution in [0.15, 0.2) is 75.8 Å². The van der Waals surface area contributed by atoms with Crippen LogP contribution in [0.4, 0.5) is 5.69 Å². The van der Waals surface area contributed by atoms with Gasteiger partial charge in [-0.05, 0) is 36.4 Å². The molecule has 1 aliphatic rings. The largest absolute Gasteiger partial charge is 0.422 e. The number of thiophene rings is 2. The monoisotopic (exact) mass is 672 g/mol. The summed E-state index contributed by atoms with van der Waals surface area (Å²) in [7, 11) is 0. The molecular formula is C27H11BrCl2N2O6S2. The predicted molar refractivity (Wildman–Crippen MR) is 160 cm³/mol. The number of rotatable bonds is 5. The second-order valence-electron chi connectivity index (χ2n) is 8.33. The van der Waals surface area contributed by atoms with E-state index in [1.807, 2.05) is 24.3 Å². The third-order valence-electron chi connectivity index (χ3n) is 5.83. The van der Waals surface area contributed by atoms with Crippen molar-refractivity contribution in [1.82, 2.24) is 0 Å². The minimum Gasteiger partial charge on any atom is -0.422 e. The van der Waals surface area contributed by atoms with Gasteiger partial charge in [-0.25, -0.2) is 14.6 Å². The summed E-state index contributed by atoms with van der Waals surface area (Å²) in [4.78, 5) is 41.4. The van der Waals surface area contributed by atoms with Crippen LogP contribution in [0.1, 0.15) is 20.1 Å². The second kappa shape index (κ2) is 10.4. The van der Waals surface area contributed by atoms with Crippen molar-refractivity contribution in [2.75, 3.05) is 0 Å². The summed E-state index contributed by atoms with van der Waals surface area (Å²) in [5, 5.41) is 13.0. The average molecular weight is 674 g/mol. The van der Waals surface area contributed by atoms with Crippen LogP contribution in [0.3, 0.4) is 0 Å². The number of aliphatic imine (C=N–C) groups is 1. The first-order valence-electron chi connectivity index (χ1n) is 11.3. The topological polar surface area (TPSA) is 108 Å². The minimum atomic E-state index is -0.758. The Hall–Kier alpha value is -3.61. The molecule has 0 unspecified atom stereocenters. The third kappa shape index (κ3) is 4.80. The van der Waals surface area contributed by atoms with Gasteiger partial charge in [-0.2, -0.15) is 0 Å². The first-order chi connectivity index (χ1) is 19.2. The van der Waals surface area contributed by atoms with Gasteiger partial charge in [-0.15, -0.1) is 22.7 Å². The molecule has 2 aromatic heterocycles. The van der Waals surface area contributed by atoms with Crippen LogP contribution < -0.4 is 4.74 Å². The molecule has 6 rings (SSSR count). The van der Waals surface area contributed by atoms with E-state index in [2.05, 4.69) is 20.9 Å². The number of esters is 2. The lowest BCUT2D eigenvalue weighted by molar-refractivity contribution is -0.384. The molecular weight excluding hydrogens is 663 g/mol. The summed E-state index contributed by atoms with van der Waals surface area (Å²) in [6.45, 7) is 0. The second-order valence-corrected chi connectivity index (χ2v) is 12.1. The van der Waals surface area contributed by atoms with Crippen LogP contribution in [0.5, 0.6) is 5.75 Å². The number of nitro groups is 1. The zero-order valence-corrected chi connectivity index (χ0v) is 24.4. The molecule has 40 heavy (non-hydrogen) atoms. The highest BCUT2D eigenvalue weighted by Gasteiger charge is 2.29. The van der Waals surface area contributed by atoms with Crippen molar-refractivity contribution >= 4 is 112 Å². The number of carbonyl (C=O) groups is 2. The van der Waals surface area contributed by atoms with E-state index in [0.717, 1.165) is 21.4 Å². The molecule has 3 heterocycles. The Morgan fingerprint density at radius 3 is 2.58 bits per heavy atom. The molecule has 0 N–H and O–H groups in total. The van der Waals surface area contributed by atoms with Crippen molar-refractivity contribution in [2.45, 2.75) is 0 Å². The van der Waals surface area contributed by atoms with E-state index in [4.69, 9.17) is 32.7 Å². The first kappa shape index (κ1) is 26.6. The van der Waals surface area contributed by atoms with Gasteiger partial charge in [0.25, 0.3) is 5.69 Å². The average Bonchev–Trinajstić information content (AvgIpc) is 3.58. The van der Waals surface area contributed by atoms with Crippen molar-refractivity contribution in [3.05, 3.63) is 106 Å². The van der Waals surface area contributed by atoms with Crippen LogP contribution >= 0.6 is 61.8 Å². The van der Waals surface area contributed by atoms with Crippen molar-refractivity contribution in [3.63, 3.8) is 0 Å². The SMILES string of the molecule is O=C1OC(c2sc3ccccc3c2Cl)=N/C1=C/c1cc(Br)ccc1OC(=O)c1sc2cc([N+](=O)[O-])ccc2c1Cl. The normalized spacial score (nSPS) is 14.1. The number of fused-ring (bicyclic) bond motifs is 2. The number of hydrogen-bond donors (Lipinski definition) is 0. The standard InChI is InChI=1S/C27H11BrCl2N2O6S2/c28-13-5-8-18(37-27(34)24-22(30)16-7-6-14(32(35)36)11-20(16)40-24)12(9-13)10-17-26(33)38-25(31-17)23-21(29)15-3-1-2-4-19(15)39-23/h1-11H/b17-10+. The Morgan fingerprint density at radius 1 is 1.02 bits per heavy atom. The van der Waals surface area contributed by atoms with Crippen LogP contribution in [0.25, 0.3) is 26.2 Å². The maximum Gasteiger partial charge on any atom is 0.363 e. The Kier molecular flexibility index (Phi) is 6.93. The van der Waals surface area contributed by atoms with E-state index < -0.39 is 16.9 Å². The fraction of sp³-hybridized carbons (Fsp3) is 0. The number of nitro benzene ring substituents is 1. The molecule has 0 fully saturated rings. The summed E-state index contributed by atoms with van der Waals surface area (Å²) < 4.78 is 13.1. The predicted octanol–water partition coefficient (Wildman–Crippen LogP) is 8.66. The van der Waals surface area contributed by atoms with Crippen molar-refractivity contribution in [2.24, 2.45) is 4.99 Å². The lowest BCUT2D eigenvalue weighted by atomic mass is 10.1. The van der Waals surface area contributed by atoms with Gasteiger partial charge in [0.2, 0.25) is 5.90 Å². The number of non-ortho nitro benzene ring substituents is 1. The molecule has 8 nitrogen and oxygen atoms in total. The summed E-state index contributed by atoms with van der Waals surface area (Å²) in [6.07, 6.45) is 1.44. The maximum absolute atomic E-state index is 13.1. The molecule has 198 valence electrons. The number of hydrogen-bond acceptors (Lipinski definition) is 9. The number of ether oxygens (including phenoxy) is 2. The van der Waals surface area contributed by atoms with E-state index in [1.165, 1.54) is 35.6 Å². The molecule has 0 saturated carbocycles. The summed E-state index contributed by atoms with van der Waals surface area (Å²) >= 11 is 18.7. The van der Waals surface area contributed by atoms with Crippen LogP contribution in [0.2, 0.25) is 10.0 Å². The molecule has 0 radical (unpaired) electrons. The Labute approximate surface area is 251 Å². The number of benzene rings is 3. The number of cyclic esters (lactones) is 1. The van der Waals surface area contributed by atoms with Crippen LogP contribution in [0, 0.1) is 10.1 Å². The van der Waals surface area contributed by atoms with E-state index in [-0.39, 0.29) is 32.9 Å². The summed E-state index contributed by atoms with van der Waals surface area (Å²) in [6, 6.07) is 16.6. The molecule has 1 aliphatic heterocycles. The fourth-order valence-corrected chi connectivity index (χ4v) is 7.21. The minimum absolute atomic E-state index is 0.00822. The number of carbonyl (C=O) groups excluding carboxylic acids is 2. The van der Waals surface area contributed by atoms with Gasteiger partial charge in [0.15, 0.2) is 5.70 Å². The Balaban J connectivity index is 1.34. The Bertz CT molecular complexity index is 1980. The van der Waals surface area contributed by atoms with E-state index >= 15 is 0 Å². The Morgan fingerprint density at radius 2 is 1.80 bits per heavy atom. The lowest BCUT2D eigenvalue weighted by Gasteiger charge is -2.08. The fourth-order valence-electron chi connectivity index (χ4n) is 3.98. The first-order valence-corrected chi connectivity index (χ1v) is 14.5. The maximum atomic E-state index is 13.1. The molecule has 13 heteroatoms. The summed E-state index contributed by atoms with van der Waals surface area (Å²) in [5.41, 5.74) is 0.244. The number of halogens is 3. The smallest absolute Gasteiger partial charge is 0.363 e. The van der Waals surface area contributed by atoms with Crippen LogP contribution in [-0.2, 0) is 9.53 Å². The van der Waals surface area contributed by atoms with Crippen LogP contribution in [-0.4, -0.2) is 22.8 Å². The summed E-state index contributed by atoms with van der Waals surface area (Å²) in [5.74, 6) is -1.22. The van der Waals surface area contributed by atoms with E-state index in [0.29, 0.717) is 30.0 Å². The van der Waals surface area contributed by atoms with E-state index in [1.54, 1.807) is 18.2 Å². The molecule has 0 amide bonds. The van der Waals surface area contributed by atoms with Gasteiger partial charge in [-0.1, -0.05) is 57.3 Å². The van der Waals surface area contributed by atoms with Crippen molar-refractivity contribution < 1.29 is 24.0 Å². The van der Waals surface area contributed by atoms with Gasteiger partial charge in [0.1, 0.15) is 15.5 Å². The highest BCUT2D eigenvalue weighted by atomic mass is 79.9. The zero-order valence-electron chi connectivity index (χ0n) is 19.6. The molecule has 0 aliphatic carbocycles. The van der Waals surface area contributed by atoms with Gasteiger partial charge >= 0.3 is 11.9 Å². The zero-order chi connectivity index (χ0) is 28.1.